The molecule has 154 valence electrons. The number of anilines is 1. The molecule has 0 saturated carbocycles. The van der Waals surface area contributed by atoms with E-state index in [4.69, 9.17) is 5.14 Å². The van der Waals surface area contributed by atoms with Crippen LogP contribution < -0.4 is 10.5 Å². The van der Waals surface area contributed by atoms with Crippen molar-refractivity contribution in [2.45, 2.75) is 4.90 Å². The number of sulfonamides is 1. The summed E-state index contributed by atoms with van der Waals surface area (Å²) in [7, 11) is -3.85. The number of carbonyl (C=O) groups is 2. The zero-order valence-corrected chi connectivity index (χ0v) is 16.4. The summed E-state index contributed by atoms with van der Waals surface area (Å²) < 4.78 is 36.1. The van der Waals surface area contributed by atoms with Gasteiger partial charge in [0.25, 0.3) is 5.91 Å². The molecule has 2 aromatic carbocycles. The predicted molar refractivity (Wildman–Crippen MR) is 105 cm³/mol. The van der Waals surface area contributed by atoms with Gasteiger partial charge in [-0.15, -0.1) is 0 Å². The van der Waals surface area contributed by atoms with Crippen LogP contribution in [0.5, 0.6) is 0 Å². The van der Waals surface area contributed by atoms with Crippen molar-refractivity contribution in [3.8, 4) is 0 Å². The number of hydrogen-bond acceptors (Lipinski definition) is 5. The number of halogens is 1. The molecule has 0 atom stereocenters. The predicted octanol–water partition coefficient (Wildman–Crippen LogP) is 0.870. The van der Waals surface area contributed by atoms with Gasteiger partial charge in [0.2, 0.25) is 15.9 Å². The fourth-order valence-corrected chi connectivity index (χ4v) is 3.63. The van der Waals surface area contributed by atoms with Crippen LogP contribution in [0, 0.1) is 5.82 Å². The second kappa shape index (κ2) is 8.68. The molecule has 2 amide bonds. The Balaban J connectivity index is 1.52. The highest BCUT2D eigenvalue weighted by atomic mass is 32.2. The maximum atomic E-state index is 13.3. The molecule has 10 heteroatoms. The summed E-state index contributed by atoms with van der Waals surface area (Å²) >= 11 is 0. The Kier molecular flexibility index (Phi) is 6.26. The van der Waals surface area contributed by atoms with E-state index in [0.29, 0.717) is 37.4 Å². The highest BCUT2D eigenvalue weighted by molar-refractivity contribution is 7.89. The largest absolute Gasteiger partial charge is 0.336 e. The number of nitrogens with two attached hydrogens (primary N) is 1. The lowest BCUT2D eigenvalue weighted by atomic mass is 10.1. The molecule has 8 nitrogen and oxygen atoms in total. The van der Waals surface area contributed by atoms with Gasteiger partial charge in [-0.3, -0.25) is 14.5 Å². The van der Waals surface area contributed by atoms with Crippen molar-refractivity contribution < 1.29 is 22.4 Å². The summed E-state index contributed by atoms with van der Waals surface area (Å²) in [6.07, 6.45) is 0. The molecule has 29 heavy (non-hydrogen) atoms. The number of piperazine rings is 1. The second-order valence-corrected chi connectivity index (χ2v) is 8.26. The van der Waals surface area contributed by atoms with E-state index in [0.717, 1.165) is 0 Å². The Bertz CT molecular complexity index is 1020. The first kappa shape index (κ1) is 20.9. The molecule has 0 bridgehead atoms. The number of rotatable bonds is 5. The van der Waals surface area contributed by atoms with Crippen molar-refractivity contribution >= 4 is 27.5 Å². The first-order valence-corrected chi connectivity index (χ1v) is 10.5. The third kappa shape index (κ3) is 5.59. The van der Waals surface area contributed by atoms with Gasteiger partial charge in [-0.2, -0.15) is 0 Å². The van der Waals surface area contributed by atoms with Crippen molar-refractivity contribution in [1.29, 1.82) is 0 Å². The molecule has 1 saturated heterocycles. The Morgan fingerprint density at radius 2 is 1.72 bits per heavy atom. The van der Waals surface area contributed by atoms with Gasteiger partial charge in [0.1, 0.15) is 5.82 Å². The highest BCUT2D eigenvalue weighted by Crippen LogP contribution is 2.15. The lowest BCUT2D eigenvalue weighted by Gasteiger charge is -2.34. The number of benzene rings is 2. The number of carbonyl (C=O) groups excluding carboxylic acids is 2. The van der Waals surface area contributed by atoms with E-state index in [9.17, 15) is 22.4 Å². The fraction of sp³-hybridized carbons (Fsp3) is 0.263. The van der Waals surface area contributed by atoms with Crippen LogP contribution in [-0.2, 0) is 14.8 Å². The first-order chi connectivity index (χ1) is 13.7. The van der Waals surface area contributed by atoms with Crippen LogP contribution in [0.25, 0.3) is 0 Å². The van der Waals surface area contributed by atoms with E-state index < -0.39 is 15.8 Å². The minimum absolute atomic E-state index is 0.0835. The van der Waals surface area contributed by atoms with Crippen LogP contribution in [0.2, 0.25) is 0 Å². The minimum Gasteiger partial charge on any atom is -0.336 e. The van der Waals surface area contributed by atoms with Gasteiger partial charge in [0, 0.05) is 37.4 Å². The van der Waals surface area contributed by atoms with Crippen LogP contribution in [0.3, 0.4) is 0 Å². The monoisotopic (exact) mass is 420 g/mol. The summed E-state index contributed by atoms with van der Waals surface area (Å²) in [5.74, 6) is -1.01. The van der Waals surface area contributed by atoms with Gasteiger partial charge in [0.15, 0.2) is 0 Å². The SMILES string of the molecule is NS(=O)(=O)c1cccc(NC(=O)CN2CCN(C(=O)c3cccc(F)c3)CC2)c1. The third-order valence-electron chi connectivity index (χ3n) is 4.54. The number of primary sulfonamides is 1. The molecule has 1 fully saturated rings. The highest BCUT2D eigenvalue weighted by Gasteiger charge is 2.23. The van der Waals surface area contributed by atoms with Gasteiger partial charge in [-0.25, -0.2) is 17.9 Å². The summed E-state index contributed by atoms with van der Waals surface area (Å²) in [5.41, 5.74) is 0.632. The lowest BCUT2D eigenvalue weighted by molar-refractivity contribution is -0.117. The molecule has 1 heterocycles. The van der Waals surface area contributed by atoms with Crippen molar-refractivity contribution in [2.24, 2.45) is 5.14 Å². The molecule has 0 aliphatic carbocycles. The first-order valence-electron chi connectivity index (χ1n) is 8.92. The van der Waals surface area contributed by atoms with E-state index in [1.54, 1.807) is 17.0 Å². The lowest BCUT2D eigenvalue weighted by Crippen LogP contribution is -2.50. The van der Waals surface area contributed by atoms with E-state index in [2.05, 4.69) is 5.32 Å². The van der Waals surface area contributed by atoms with Gasteiger partial charge >= 0.3 is 0 Å². The molecule has 3 N–H and O–H groups in total. The maximum Gasteiger partial charge on any atom is 0.254 e. The van der Waals surface area contributed by atoms with Crippen LogP contribution in [0.4, 0.5) is 10.1 Å². The number of nitrogens with zero attached hydrogens (tertiary/aromatic N) is 2. The molecule has 0 unspecified atom stereocenters. The standard InChI is InChI=1S/C19H21FN4O4S/c20-15-4-1-3-14(11-15)19(26)24-9-7-23(8-10-24)13-18(25)22-16-5-2-6-17(12-16)29(21,27)28/h1-6,11-12H,7-10,13H2,(H,22,25)(H2,21,27,28). The Labute approximate surface area is 168 Å². The van der Waals surface area contributed by atoms with Gasteiger partial charge < -0.3 is 10.2 Å². The van der Waals surface area contributed by atoms with Crippen molar-refractivity contribution in [3.05, 3.63) is 59.9 Å². The van der Waals surface area contributed by atoms with Crippen LogP contribution in [0.15, 0.2) is 53.4 Å². The Morgan fingerprint density at radius 1 is 1.03 bits per heavy atom. The molecule has 1 aliphatic heterocycles. The maximum absolute atomic E-state index is 13.3. The van der Waals surface area contributed by atoms with E-state index in [1.807, 2.05) is 4.90 Å². The van der Waals surface area contributed by atoms with Crippen molar-refractivity contribution in [1.82, 2.24) is 9.80 Å². The summed E-state index contributed by atoms with van der Waals surface area (Å²) in [4.78, 5) is 28.1. The molecule has 1 aliphatic rings. The normalized spacial score (nSPS) is 15.2. The second-order valence-electron chi connectivity index (χ2n) is 6.70. The van der Waals surface area contributed by atoms with E-state index in [1.165, 1.54) is 36.4 Å². The molecule has 0 aromatic heterocycles. The molecule has 3 rings (SSSR count). The molecule has 2 aromatic rings. The average Bonchev–Trinajstić information content (AvgIpc) is 2.67. The quantitative estimate of drug-likeness (QED) is 0.745. The third-order valence-corrected chi connectivity index (χ3v) is 5.46. The molecular weight excluding hydrogens is 399 g/mol. The average molecular weight is 420 g/mol. The van der Waals surface area contributed by atoms with Gasteiger partial charge in [-0.1, -0.05) is 12.1 Å². The molecular formula is C19H21FN4O4S. The van der Waals surface area contributed by atoms with Crippen molar-refractivity contribution in [2.75, 3.05) is 38.0 Å². The molecule has 0 radical (unpaired) electrons. The Hall–Kier alpha value is -2.82. The van der Waals surface area contributed by atoms with E-state index >= 15 is 0 Å². The van der Waals surface area contributed by atoms with Crippen molar-refractivity contribution in [3.63, 3.8) is 0 Å². The number of hydrogen-bond donors (Lipinski definition) is 2. The van der Waals surface area contributed by atoms with Gasteiger partial charge in [-0.05, 0) is 36.4 Å². The van der Waals surface area contributed by atoms with Crippen LogP contribution in [0.1, 0.15) is 10.4 Å². The van der Waals surface area contributed by atoms with Crippen LogP contribution >= 0.6 is 0 Å². The Morgan fingerprint density at radius 3 is 2.38 bits per heavy atom. The smallest absolute Gasteiger partial charge is 0.254 e. The summed E-state index contributed by atoms with van der Waals surface area (Å²) in [6.45, 7) is 1.92. The number of amides is 2. The molecule has 0 spiro atoms. The minimum atomic E-state index is -3.85. The zero-order chi connectivity index (χ0) is 21.0. The van der Waals surface area contributed by atoms with E-state index in [-0.39, 0.29) is 23.3 Å². The fourth-order valence-electron chi connectivity index (χ4n) is 3.07. The summed E-state index contributed by atoms with van der Waals surface area (Å²) in [6, 6.07) is 11.3. The zero-order valence-electron chi connectivity index (χ0n) is 15.5. The topological polar surface area (TPSA) is 113 Å². The number of nitrogens with one attached hydrogen (secondary N) is 1. The summed E-state index contributed by atoms with van der Waals surface area (Å²) in [5, 5.41) is 7.74. The van der Waals surface area contributed by atoms with Gasteiger partial charge in [0.05, 0.1) is 11.4 Å². The van der Waals surface area contributed by atoms with Crippen LogP contribution in [-0.4, -0.2) is 62.8 Å².